The number of hydrogen-bond donors (Lipinski definition) is 0. The molecule has 4 atom stereocenters. The Bertz CT molecular complexity index is 633. The Kier molecular flexibility index (Phi) is 13.3. The highest BCUT2D eigenvalue weighted by molar-refractivity contribution is 6.81. The van der Waals surface area contributed by atoms with Crippen molar-refractivity contribution in [1.82, 2.24) is 0 Å². The first kappa shape index (κ1) is 31.6. The number of ether oxygens (including phenoxy) is 3. The highest BCUT2D eigenvalue weighted by Gasteiger charge is 2.50. The van der Waals surface area contributed by atoms with Crippen LogP contribution in [0.1, 0.15) is 80.6 Å². The number of allylic oxidation sites excluding steroid dienone is 1. The summed E-state index contributed by atoms with van der Waals surface area (Å²) in [6, 6.07) is 3.20. The van der Waals surface area contributed by atoms with E-state index in [1.165, 1.54) is 25.3 Å². The monoisotopic (exact) mass is 514 g/mol. The van der Waals surface area contributed by atoms with Crippen LogP contribution in [-0.4, -0.2) is 53.6 Å². The van der Waals surface area contributed by atoms with Crippen LogP contribution in [0.3, 0.4) is 0 Å². The van der Waals surface area contributed by atoms with Gasteiger partial charge >= 0.3 is 5.97 Å². The summed E-state index contributed by atoms with van der Waals surface area (Å²) in [6.45, 7) is 22.3. The Balaban J connectivity index is 3.53. The highest BCUT2D eigenvalue weighted by Crippen LogP contribution is 2.40. The summed E-state index contributed by atoms with van der Waals surface area (Å²) in [7, 11) is -3.33. The second kappa shape index (κ2) is 14.3. The van der Waals surface area contributed by atoms with Crippen LogP contribution in [0.4, 0.5) is 0 Å². The molecule has 5 nitrogen and oxygen atoms in total. The van der Waals surface area contributed by atoms with E-state index in [4.69, 9.17) is 18.6 Å². The summed E-state index contributed by atoms with van der Waals surface area (Å²) in [4.78, 5) is 11.8. The Morgan fingerprint density at radius 1 is 1.06 bits per heavy atom. The molecule has 1 rings (SSSR count). The molecule has 1 saturated heterocycles. The van der Waals surface area contributed by atoms with Gasteiger partial charge in [0.25, 0.3) is 0 Å². The fourth-order valence-corrected chi connectivity index (χ4v) is 9.82. The predicted octanol–water partition coefficient (Wildman–Crippen LogP) is 7.48. The lowest BCUT2D eigenvalue weighted by molar-refractivity contribution is -0.183. The Hall–Kier alpha value is -0.476. The lowest BCUT2D eigenvalue weighted by Gasteiger charge is -2.45. The SMILES string of the molecule is CCCCC[C@@H]1OCO[C@@](C)(COC(C)=O)[C@@H](O[Si](CC)(CC)CC)[C@@H]1C/C(C)=C/[Si](C)(C)C. The molecule has 1 fully saturated rings. The summed E-state index contributed by atoms with van der Waals surface area (Å²) < 4.78 is 25.6. The summed E-state index contributed by atoms with van der Waals surface area (Å²) in [5.74, 6) is -0.131. The van der Waals surface area contributed by atoms with Crippen LogP contribution in [0.25, 0.3) is 0 Å². The zero-order valence-electron chi connectivity index (χ0n) is 23.9. The van der Waals surface area contributed by atoms with Crippen molar-refractivity contribution in [3.8, 4) is 0 Å². The van der Waals surface area contributed by atoms with Crippen LogP contribution in [-0.2, 0) is 23.4 Å². The summed E-state index contributed by atoms with van der Waals surface area (Å²) in [5, 5.41) is 0. The van der Waals surface area contributed by atoms with Crippen molar-refractivity contribution in [3.05, 3.63) is 11.3 Å². The molecule has 0 aliphatic carbocycles. The smallest absolute Gasteiger partial charge is 0.302 e. The standard InChI is InChI=1S/C27H54O5Si2/c1-11-15-16-17-25-24(18-22(5)19-33(8,9)10)26(32-34(12-2,13-3)14-4)27(7,31-21-30-25)20-29-23(6)28/h19,24-26H,11-18,20-21H2,1-10H3/b22-19+/t24-,25+,26+,27+/m1/s1. The van der Waals surface area contributed by atoms with E-state index in [0.29, 0.717) is 0 Å². The van der Waals surface area contributed by atoms with E-state index in [2.05, 4.69) is 66.9 Å². The van der Waals surface area contributed by atoms with Crippen LogP contribution in [0, 0.1) is 5.92 Å². The molecule has 1 aliphatic heterocycles. The van der Waals surface area contributed by atoms with Crippen molar-refractivity contribution in [1.29, 1.82) is 0 Å². The summed E-state index contributed by atoms with van der Waals surface area (Å²) in [6.07, 6.45) is 5.33. The van der Waals surface area contributed by atoms with E-state index in [-0.39, 0.29) is 37.5 Å². The Morgan fingerprint density at radius 3 is 2.18 bits per heavy atom. The van der Waals surface area contributed by atoms with Gasteiger partial charge in [-0.15, -0.1) is 0 Å². The van der Waals surface area contributed by atoms with Gasteiger partial charge in [0.15, 0.2) is 8.32 Å². The zero-order chi connectivity index (χ0) is 26.0. The first-order chi connectivity index (χ1) is 15.8. The minimum absolute atomic E-state index is 0.0676. The average molecular weight is 515 g/mol. The van der Waals surface area contributed by atoms with Gasteiger partial charge in [-0.1, -0.05) is 77.9 Å². The maximum Gasteiger partial charge on any atom is 0.302 e. The number of carbonyl (C=O) groups excluding carboxylic acids is 1. The molecule has 0 unspecified atom stereocenters. The molecule has 0 aromatic heterocycles. The molecule has 0 amide bonds. The second-order valence-corrected chi connectivity index (χ2v) is 21.3. The highest BCUT2D eigenvalue weighted by atomic mass is 28.4. The molecule has 1 aliphatic rings. The molecule has 200 valence electrons. The molecule has 0 N–H and O–H groups in total. The van der Waals surface area contributed by atoms with Gasteiger partial charge in [0, 0.05) is 12.8 Å². The second-order valence-electron chi connectivity index (χ2n) is 11.6. The van der Waals surface area contributed by atoms with Crippen LogP contribution in [0.2, 0.25) is 37.8 Å². The van der Waals surface area contributed by atoms with Crippen LogP contribution in [0.5, 0.6) is 0 Å². The largest absolute Gasteiger partial charge is 0.463 e. The zero-order valence-corrected chi connectivity index (χ0v) is 25.9. The van der Waals surface area contributed by atoms with E-state index in [1.54, 1.807) is 0 Å². The van der Waals surface area contributed by atoms with Crippen molar-refractivity contribution >= 4 is 22.4 Å². The molecular formula is C27H54O5Si2. The molecule has 0 aromatic carbocycles. The maximum atomic E-state index is 11.8. The van der Waals surface area contributed by atoms with Crippen molar-refractivity contribution in [3.63, 3.8) is 0 Å². The van der Waals surface area contributed by atoms with Crippen LogP contribution in [0.15, 0.2) is 11.3 Å². The molecule has 0 aromatic rings. The predicted molar refractivity (Wildman–Crippen MR) is 147 cm³/mol. The maximum absolute atomic E-state index is 11.8. The quantitative estimate of drug-likeness (QED) is 0.137. The van der Waals surface area contributed by atoms with E-state index < -0.39 is 22.0 Å². The first-order valence-electron chi connectivity index (χ1n) is 13.6. The number of hydrogen-bond acceptors (Lipinski definition) is 5. The molecule has 34 heavy (non-hydrogen) atoms. The Morgan fingerprint density at radius 2 is 1.68 bits per heavy atom. The molecule has 0 saturated carbocycles. The van der Waals surface area contributed by atoms with Gasteiger partial charge in [0.05, 0.1) is 20.3 Å². The third-order valence-corrected chi connectivity index (χ3v) is 13.3. The molecule has 7 heteroatoms. The minimum Gasteiger partial charge on any atom is -0.463 e. The average Bonchev–Trinajstić information content (AvgIpc) is 2.87. The summed E-state index contributed by atoms with van der Waals surface area (Å²) >= 11 is 0. The summed E-state index contributed by atoms with van der Waals surface area (Å²) in [5.41, 5.74) is 3.18. The van der Waals surface area contributed by atoms with Gasteiger partial charge < -0.3 is 18.6 Å². The minimum atomic E-state index is -1.97. The number of esters is 1. The van der Waals surface area contributed by atoms with Crippen molar-refractivity contribution in [2.45, 2.75) is 136 Å². The lowest BCUT2D eigenvalue weighted by Crippen LogP contribution is -2.57. The van der Waals surface area contributed by atoms with Gasteiger partial charge in [-0.2, -0.15) is 0 Å². The van der Waals surface area contributed by atoms with E-state index in [9.17, 15) is 4.79 Å². The third kappa shape index (κ3) is 9.88. The first-order valence-corrected chi connectivity index (χ1v) is 19.7. The van der Waals surface area contributed by atoms with Gasteiger partial charge in [-0.3, -0.25) is 4.79 Å². The lowest BCUT2D eigenvalue weighted by atomic mass is 9.80. The topological polar surface area (TPSA) is 54.0 Å². The van der Waals surface area contributed by atoms with Crippen molar-refractivity contribution < 1.29 is 23.4 Å². The number of carbonyl (C=O) groups is 1. The van der Waals surface area contributed by atoms with Crippen molar-refractivity contribution in [2.75, 3.05) is 13.4 Å². The fraction of sp³-hybridized carbons (Fsp3) is 0.889. The van der Waals surface area contributed by atoms with Gasteiger partial charge in [0.2, 0.25) is 0 Å². The van der Waals surface area contributed by atoms with E-state index in [1.807, 2.05) is 0 Å². The molecule has 0 spiro atoms. The van der Waals surface area contributed by atoms with Gasteiger partial charge in [-0.05, 0) is 44.8 Å². The van der Waals surface area contributed by atoms with E-state index >= 15 is 0 Å². The Labute approximate surface area is 212 Å². The van der Waals surface area contributed by atoms with E-state index in [0.717, 1.165) is 37.4 Å². The third-order valence-electron chi connectivity index (χ3n) is 7.34. The molecule has 0 radical (unpaired) electrons. The van der Waals surface area contributed by atoms with Gasteiger partial charge in [0.1, 0.15) is 19.0 Å². The molecule has 0 bridgehead atoms. The number of unbranched alkanes of at least 4 members (excludes halogenated alkanes) is 2. The molecule has 1 heterocycles. The molecular weight excluding hydrogens is 460 g/mol. The van der Waals surface area contributed by atoms with Crippen LogP contribution < -0.4 is 0 Å². The van der Waals surface area contributed by atoms with Crippen molar-refractivity contribution in [2.24, 2.45) is 5.92 Å². The normalized spacial score (nSPS) is 26.9. The number of rotatable bonds is 14. The van der Waals surface area contributed by atoms with Crippen LogP contribution >= 0.6 is 0 Å². The van der Waals surface area contributed by atoms with Gasteiger partial charge in [-0.25, -0.2) is 0 Å². The fourth-order valence-electron chi connectivity index (χ4n) is 5.26.